The van der Waals surface area contributed by atoms with Gasteiger partial charge in [-0.05, 0) is 18.2 Å². The highest BCUT2D eigenvalue weighted by molar-refractivity contribution is 6.44. The SMILES string of the molecule is CCCC[C@H]1C[C@@H]1B(O)O. The van der Waals surface area contributed by atoms with E-state index >= 15 is 0 Å². The van der Waals surface area contributed by atoms with Crippen molar-refractivity contribution in [3.05, 3.63) is 0 Å². The fourth-order valence-corrected chi connectivity index (χ4v) is 1.43. The van der Waals surface area contributed by atoms with Crippen LogP contribution in [0.25, 0.3) is 0 Å². The van der Waals surface area contributed by atoms with E-state index in [0.717, 1.165) is 6.42 Å². The Balaban J connectivity index is 2.02. The lowest BCUT2D eigenvalue weighted by Gasteiger charge is -1.95. The van der Waals surface area contributed by atoms with Gasteiger partial charge in [-0.2, -0.15) is 0 Å². The maximum Gasteiger partial charge on any atom is 0.455 e. The first-order valence-corrected chi connectivity index (χ1v) is 4.11. The summed E-state index contributed by atoms with van der Waals surface area (Å²) in [6.07, 6.45) is 4.65. The molecule has 2 N–H and O–H groups in total. The van der Waals surface area contributed by atoms with Gasteiger partial charge in [0.25, 0.3) is 0 Å². The van der Waals surface area contributed by atoms with Crippen LogP contribution in [0.1, 0.15) is 32.6 Å². The average Bonchev–Trinajstić information content (AvgIpc) is 2.62. The topological polar surface area (TPSA) is 40.5 Å². The van der Waals surface area contributed by atoms with E-state index in [2.05, 4.69) is 6.92 Å². The highest BCUT2D eigenvalue weighted by Gasteiger charge is 2.44. The van der Waals surface area contributed by atoms with Gasteiger partial charge in [-0.3, -0.25) is 0 Å². The number of rotatable bonds is 4. The third-order valence-electron chi connectivity index (χ3n) is 2.29. The normalized spacial score (nSPS) is 30.3. The van der Waals surface area contributed by atoms with Gasteiger partial charge < -0.3 is 10.0 Å². The van der Waals surface area contributed by atoms with Crippen molar-refractivity contribution in [2.24, 2.45) is 5.92 Å². The Morgan fingerprint density at radius 3 is 2.60 bits per heavy atom. The fraction of sp³-hybridized carbons (Fsp3) is 1.00. The van der Waals surface area contributed by atoms with Crippen LogP contribution in [0.2, 0.25) is 5.82 Å². The highest BCUT2D eigenvalue weighted by Crippen LogP contribution is 2.48. The highest BCUT2D eigenvalue weighted by atomic mass is 16.4. The molecule has 0 unspecified atom stereocenters. The van der Waals surface area contributed by atoms with Crippen LogP contribution in [-0.4, -0.2) is 17.2 Å². The Labute approximate surface area is 62.4 Å². The number of hydrogen-bond donors (Lipinski definition) is 2. The lowest BCUT2D eigenvalue weighted by molar-refractivity contribution is 0.399. The summed E-state index contributed by atoms with van der Waals surface area (Å²) in [5.74, 6) is 0.812. The Kier molecular flexibility index (Phi) is 2.75. The second kappa shape index (κ2) is 3.40. The molecule has 0 amide bonds. The molecule has 1 saturated carbocycles. The van der Waals surface area contributed by atoms with Crippen molar-refractivity contribution in [3.8, 4) is 0 Å². The van der Waals surface area contributed by atoms with Crippen LogP contribution in [0.4, 0.5) is 0 Å². The molecule has 2 nitrogen and oxygen atoms in total. The first kappa shape index (κ1) is 8.09. The zero-order chi connectivity index (χ0) is 7.56. The molecule has 3 heteroatoms. The maximum absolute atomic E-state index is 8.72. The van der Waals surface area contributed by atoms with E-state index in [9.17, 15) is 0 Å². The van der Waals surface area contributed by atoms with E-state index in [1.807, 2.05) is 0 Å². The van der Waals surface area contributed by atoms with E-state index in [1.54, 1.807) is 0 Å². The van der Waals surface area contributed by atoms with E-state index in [4.69, 9.17) is 10.0 Å². The van der Waals surface area contributed by atoms with E-state index in [1.165, 1.54) is 19.3 Å². The molecule has 0 aromatic heterocycles. The Bertz CT molecular complexity index is 106. The molecule has 0 aromatic rings. The van der Waals surface area contributed by atoms with Crippen LogP contribution in [0, 0.1) is 5.92 Å². The lowest BCUT2D eigenvalue weighted by Crippen LogP contribution is -2.11. The Morgan fingerprint density at radius 1 is 1.50 bits per heavy atom. The van der Waals surface area contributed by atoms with E-state index in [0.29, 0.717) is 5.92 Å². The van der Waals surface area contributed by atoms with Gasteiger partial charge in [-0.1, -0.05) is 26.2 Å². The number of hydrogen-bond acceptors (Lipinski definition) is 2. The molecule has 0 radical (unpaired) electrons. The standard InChI is InChI=1S/C7H15BO2/c1-2-3-4-6-5-7(6)8(9)10/h6-7,9-10H,2-5H2,1H3/t6-,7-/m0/s1. The minimum atomic E-state index is -1.05. The Morgan fingerprint density at radius 2 is 2.20 bits per heavy atom. The van der Waals surface area contributed by atoms with Crippen molar-refractivity contribution in [2.75, 3.05) is 0 Å². The number of unbranched alkanes of at least 4 members (excludes halogenated alkanes) is 1. The van der Waals surface area contributed by atoms with Gasteiger partial charge in [0, 0.05) is 0 Å². The van der Waals surface area contributed by atoms with Crippen molar-refractivity contribution in [2.45, 2.75) is 38.4 Å². The van der Waals surface area contributed by atoms with Gasteiger partial charge in [0.15, 0.2) is 0 Å². The molecule has 0 aromatic carbocycles. The largest absolute Gasteiger partial charge is 0.455 e. The molecule has 0 aliphatic heterocycles. The zero-order valence-corrected chi connectivity index (χ0v) is 6.45. The van der Waals surface area contributed by atoms with Crippen LogP contribution < -0.4 is 0 Å². The molecule has 0 spiro atoms. The smallest absolute Gasteiger partial charge is 0.427 e. The average molecular weight is 142 g/mol. The summed E-state index contributed by atoms with van der Waals surface area (Å²) in [4.78, 5) is 0. The van der Waals surface area contributed by atoms with Crippen LogP contribution >= 0.6 is 0 Å². The molecule has 1 aliphatic carbocycles. The summed E-state index contributed by atoms with van der Waals surface area (Å²) >= 11 is 0. The molecule has 1 fully saturated rings. The molecule has 0 bridgehead atoms. The van der Waals surface area contributed by atoms with Gasteiger partial charge in [-0.25, -0.2) is 0 Å². The van der Waals surface area contributed by atoms with Crippen LogP contribution in [0.15, 0.2) is 0 Å². The Hall–Kier alpha value is -0.0151. The molecule has 1 aliphatic rings. The molecule has 10 heavy (non-hydrogen) atoms. The second-order valence-corrected chi connectivity index (χ2v) is 3.22. The van der Waals surface area contributed by atoms with Crippen molar-refractivity contribution in [1.29, 1.82) is 0 Å². The van der Waals surface area contributed by atoms with Crippen molar-refractivity contribution >= 4 is 7.12 Å². The molecule has 0 heterocycles. The van der Waals surface area contributed by atoms with Gasteiger partial charge in [0.2, 0.25) is 0 Å². The third-order valence-corrected chi connectivity index (χ3v) is 2.29. The van der Waals surface area contributed by atoms with Gasteiger partial charge in [0.1, 0.15) is 0 Å². The third kappa shape index (κ3) is 1.99. The van der Waals surface area contributed by atoms with Crippen molar-refractivity contribution in [1.82, 2.24) is 0 Å². The van der Waals surface area contributed by atoms with E-state index < -0.39 is 7.12 Å². The zero-order valence-electron chi connectivity index (χ0n) is 6.45. The second-order valence-electron chi connectivity index (χ2n) is 3.22. The molecule has 2 atom stereocenters. The lowest BCUT2D eigenvalue weighted by atomic mass is 9.81. The van der Waals surface area contributed by atoms with Crippen molar-refractivity contribution in [3.63, 3.8) is 0 Å². The summed E-state index contributed by atoms with van der Waals surface area (Å²) in [5.41, 5.74) is 0. The first-order valence-electron chi connectivity index (χ1n) is 4.11. The van der Waals surface area contributed by atoms with Crippen LogP contribution in [0.3, 0.4) is 0 Å². The molecule has 0 saturated heterocycles. The van der Waals surface area contributed by atoms with Gasteiger partial charge >= 0.3 is 7.12 Å². The molecular weight excluding hydrogens is 127 g/mol. The van der Waals surface area contributed by atoms with Gasteiger partial charge in [-0.15, -0.1) is 0 Å². The summed E-state index contributed by atoms with van der Waals surface area (Å²) in [6.45, 7) is 2.16. The fourth-order valence-electron chi connectivity index (χ4n) is 1.43. The quantitative estimate of drug-likeness (QED) is 0.575. The summed E-state index contributed by atoms with van der Waals surface area (Å²) in [5, 5.41) is 17.4. The predicted octanol–water partition coefficient (Wildman–Crippen LogP) is 1.04. The van der Waals surface area contributed by atoms with Gasteiger partial charge in [0.05, 0.1) is 0 Å². The summed E-state index contributed by atoms with van der Waals surface area (Å²) in [7, 11) is -1.05. The van der Waals surface area contributed by atoms with Crippen LogP contribution in [-0.2, 0) is 0 Å². The first-order chi connectivity index (χ1) is 4.75. The van der Waals surface area contributed by atoms with E-state index in [-0.39, 0.29) is 5.82 Å². The summed E-state index contributed by atoms with van der Waals surface area (Å²) in [6, 6.07) is 0. The minimum Gasteiger partial charge on any atom is -0.427 e. The maximum atomic E-state index is 8.72. The predicted molar refractivity (Wildman–Crippen MR) is 41.6 cm³/mol. The van der Waals surface area contributed by atoms with Crippen molar-refractivity contribution < 1.29 is 10.0 Å². The molecule has 58 valence electrons. The molecular formula is C7H15BO2. The minimum absolute atomic E-state index is 0.201. The van der Waals surface area contributed by atoms with Crippen LogP contribution in [0.5, 0.6) is 0 Å². The molecule has 1 rings (SSSR count). The monoisotopic (exact) mass is 142 g/mol. The summed E-state index contributed by atoms with van der Waals surface area (Å²) < 4.78 is 0.